The molecule has 9 saturated heterocycles. The third-order valence-corrected chi connectivity index (χ3v) is 30.3. The minimum Gasteiger partial charge on any atom is -0.399 e. The molecular weight excluding hydrogens is 1820 g/mol. The van der Waals surface area contributed by atoms with Crippen molar-refractivity contribution < 1.29 is 47.4 Å². The molecule has 32 heteroatoms. The Bertz CT molecular complexity index is 5780. The molecule has 4 atom stereocenters. The molecule has 25 rings (SSSR count). The fraction of sp³-hybridized carbons (Fsp3) is 0.477. The van der Waals surface area contributed by atoms with Gasteiger partial charge in [0.1, 0.15) is 0 Å². The van der Waals surface area contributed by atoms with Gasteiger partial charge in [0.2, 0.25) is 23.6 Å². The van der Waals surface area contributed by atoms with Gasteiger partial charge in [-0.2, -0.15) is 20.4 Å². The average Bonchev–Trinajstić information content (AvgIpc) is 1.61. The minimum absolute atomic E-state index is 0. The van der Waals surface area contributed by atoms with Gasteiger partial charge in [0, 0.05) is 257 Å². The topological polar surface area (TPSA) is 267 Å². The van der Waals surface area contributed by atoms with E-state index in [0.717, 1.165) is 289 Å². The third-order valence-electron chi connectivity index (χ3n) is 29.7. The molecule has 4 N–H and O–H groups in total. The fourth-order valence-electron chi connectivity index (χ4n) is 20.2. The first-order chi connectivity index (χ1) is 67.4. The van der Waals surface area contributed by atoms with Crippen molar-refractivity contribution in [1.29, 1.82) is 0 Å². The van der Waals surface area contributed by atoms with E-state index in [2.05, 4.69) is 257 Å². The molecule has 4 saturated carbocycles. The first kappa shape index (κ1) is 95.4. The molecule has 2 unspecified atom stereocenters. The molecule has 139 heavy (non-hydrogen) atoms. The minimum atomic E-state index is -0.400. The molecule has 0 radical (unpaired) electrons. The summed E-state index contributed by atoms with van der Waals surface area (Å²) < 4.78 is 44.6. The Morgan fingerprint density at radius 3 is 0.813 bits per heavy atom. The quantitative estimate of drug-likeness (QED) is 0.0655. The predicted octanol–water partition coefficient (Wildman–Crippen LogP) is 12.6. The van der Waals surface area contributed by atoms with Gasteiger partial charge in [-0.3, -0.25) is 19.2 Å². The molecule has 9 aliphatic heterocycles. The number of nitrogens with zero attached hydrogens (tertiary/aromatic N) is 16. The number of hydrogen-bond acceptors (Lipinski definition) is 22. The van der Waals surface area contributed by atoms with Crippen LogP contribution in [0.1, 0.15) is 133 Å². The van der Waals surface area contributed by atoms with E-state index in [9.17, 15) is 19.2 Å². The van der Waals surface area contributed by atoms with Gasteiger partial charge in [0.15, 0.2) is 0 Å². The number of hydrogen-bond donors (Lipinski definition) is 4. The maximum Gasteiger partial charge on any atom is 0.496 e. The number of piperazine rings is 4. The first-order valence-electron chi connectivity index (χ1n) is 50.2. The molecule has 0 spiro atoms. The Morgan fingerprint density at radius 2 is 0.568 bits per heavy atom. The highest BCUT2D eigenvalue weighted by molar-refractivity contribution is 9.10. The Kier molecular flexibility index (Phi) is 29.1. The van der Waals surface area contributed by atoms with E-state index in [0.29, 0.717) is 47.3 Å². The highest BCUT2D eigenvalue weighted by atomic mass is 79.9. The van der Waals surface area contributed by atoms with Gasteiger partial charge in [-0.15, -0.1) is 0 Å². The highest BCUT2D eigenvalue weighted by Gasteiger charge is 2.52. The number of aromatic nitrogens is 8. The molecule has 0 bridgehead atoms. The molecule has 730 valence electrons. The van der Waals surface area contributed by atoms with Crippen LogP contribution in [-0.4, -0.2) is 284 Å². The lowest BCUT2D eigenvalue weighted by Crippen LogP contribution is -2.49. The van der Waals surface area contributed by atoms with Gasteiger partial charge in [0.05, 0.1) is 107 Å². The van der Waals surface area contributed by atoms with E-state index in [1.54, 1.807) is 0 Å². The number of anilines is 4. The molecule has 12 aromatic rings. The summed E-state index contributed by atoms with van der Waals surface area (Å²) in [6.45, 7) is 31.8. The number of carbonyl (C=O) groups excluding carboxylic acids is 4. The average molecular weight is 1950 g/mol. The summed E-state index contributed by atoms with van der Waals surface area (Å²) in [7, 11) is -0.400. The van der Waals surface area contributed by atoms with Crippen LogP contribution >= 0.6 is 15.9 Å². The van der Waals surface area contributed by atoms with E-state index in [1.807, 2.05) is 80.8 Å². The number of carbonyl (C=O) groups is 4. The number of fused-ring (bicyclic) bond motifs is 4. The summed E-state index contributed by atoms with van der Waals surface area (Å²) in [5.41, 5.74) is 21.2. The summed E-state index contributed by atoms with van der Waals surface area (Å²) in [6, 6.07) is 51.4. The van der Waals surface area contributed by atoms with Crippen LogP contribution in [0.2, 0.25) is 0 Å². The van der Waals surface area contributed by atoms with Crippen LogP contribution in [0.5, 0.6) is 0 Å². The molecular formula is C107H132BBrN20O10. The Balaban J connectivity index is 0.000000109. The normalized spacial score (nSPS) is 22.2. The van der Waals surface area contributed by atoms with Crippen molar-refractivity contribution in [1.82, 2.24) is 79.3 Å². The van der Waals surface area contributed by atoms with Crippen molar-refractivity contribution in [3.63, 3.8) is 0 Å². The number of nitrogens with one attached hydrogen (secondary N) is 4. The maximum absolute atomic E-state index is 12.4. The molecule has 8 aromatic heterocycles. The number of morpholine rings is 4. The second-order valence-corrected chi connectivity index (χ2v) is 40.7. The zero-order valence-corrected chi connectivity index (χ0v) is 81.3. The molecule has 17 heterocycles. The number of ether oxygens (including phenoxy) is 4. The number of amides is 4. The van der Waals surface area contributed by atoms with Crippen molar-refractivity contribution >= 4 is 97.0 Å². The van der Waals surface area contributed by atoms with Crippen LogP contribution in [0.15, 0.2) is 200 Å². The highest BCUT2D eigenvalue weighted by Crippen LogP contribution is 2.42. The second kappa shape index (κ2) is 42.3. The summed E-state index contributed by atoms with van der Waals surface area (Å²) in [6.07, 6.45) is 24.9. The monoisotopic (exact) mass is 1950 g/mol. The molecule has 4 aliphatic carbocycles. The summed E-state index contributed by atoms with van der Waals surface area (Å²) in [5, 5.41) is 31.6. The smallest absolute Gasteiger partial charge is 0.399 e. The summed E-state index contributed by atoms with van der Waals surface area (Å²) in [4.78, 5) is 67.1. The van der Waals surface area contributed by atoms with Gasteiger partial charge in [-0.05, 0) is 179 Å². The van der Waals surface area contributed by atoms with Crippen LogP contribution in [0, 0.1) is 23.7 Å². The third kappa shape index (κ3) is 22.0. The lowest BCUT2D eigenvalue weighted by atomic mass is 9.81. The van der Waals surface area contributed by atoms with E-state index in [-0.39, 0.29) is 43.0 Å². The van der Waals surface area contributed by atoms with E-state index in [4.69, 9.17) is 28.3 Å². The van der Waals surface area contributed by atoms with Crippen molar-refractivity contribution in [3.05, 3.63) is 222 Å². The van der Waals surface area contributed by atoms with Gasteiger partial charge >= 0.3 is 7.12 Å². The van der Waals surface area contributed by atoms with Crippen molar-refractivity contribution in [2.75, 3.05) is 203 Å². The zero-order chi connectivity index (χ0) is 94.0. The second-order valence-electron chi connectivity index (χ2n) is 39.8. The number of benzene rings is 4. The Labute approximate surface area is 822 Å². The maximum atomic E-state index is 12.4. The van der Waals surface area contributed by atoms with Gasteiger partial charge in [-0.25, -0.2) is 18.1 Å². The van der Waals surface area contributed by atoms with Crippen LogP contribution in [0.25, 0.3) is 55.4 Å². The Morgan fingerprint density at radius 1 is 0.324 bits per heavy atom. The van der Waals surface area contributed by atoms with Crippen LogP contribution in [0.4, 0.5) is 22.7 Å². The zero-order valence-electron chi connectivity index (χ0n) is 79.7. The van der Waals surface area contributed by atoms with Gasteiger partial charge in [-0.1, -0.05) is 108 Å². The SMILES string of the molecule is Brc1ccc(C2CNCCO2)cc1.C.CC1(C)OB(c2cc3c(N4CCN(C(=O)C5CC5)CC4)ccnn3c2)OC1(C)C.O=C(C1CC1)N1CCN(c2ccnn3cc(-c4ccc(C5CNCCO5)cc4)cc23)CC1.O=C(C1CC1)N1CCN(c2ccnn3cc(-c4ccc([C@@H]5CNCCO5)cc4)cc23)CC1.O=C(C1CC1)N1CCN(c2ccnn3cc(-c4ccc([C@H]5CNCCO5)cc4)cc23)CC1. The van der Waals surface area contributed by atoms with Crippen molar-refractivity contribution in [2.45, 2.75) is 122 Å². The molecule has 4 amide bonds. The summed E-state index contributed by atoms with van der Waals surface area (Å²) >= 11 is 3.41. The standard InChI is InChI=1S/3C25H29N5O2.C21H29BN4O3.C10H12BrNO.CH4/c3*31-25(20-5-6-20)29-12-10-28(11-13-29)22-7-8-27-30-17-21(15-23(22)30)18-1-3-19(4-2-18)24-16-26-9-14-32-24;1-20(2)21(3,4)29-22(28-20)16-13-18-17(7-8-23-26(18)14-16)24-9-11-25(12-10-24)19(27)15-5-6-15;11-9-3-1-8(2-4-9)10-7-12-5-6-13-10;/h3*1-4,7-8,15,17,20,24,26H,5-6,9-14,16H2;7-8,13-15H,5-6,9-12H2,1-4H3;1-4,10,12H,5-7H2;1H4/t2*24-;;;;/m10..../s1. The lowest BCUT2D eigenvalue weighted by molar-refractivity contribution is -0.133. The Hall–Kier alpha value is -11.1. The number of rotatable bonds is 16. The van der Waals surface area contributed by atoms with Crippen molar-refractivity contribution in [2.24, 2.45) is 23.7 Å². The summed E-state index contributed by atoms with van der Waals surface area (Å²) in [5.74, 6) is 2.60. The predicted molar refractivity (Wildman–Crippen MR) is 546 cm³/mol. The fourth-order valence-corrected chi connectivity index (χ4v) is 20.4. The van der Waals surface area contributed by atoms with Gasteiger partial charge < -0.3 is 88.7 Å². The van der Waals surface area contributed by atoms with Crippen molar-refractivity contribution in [3.8, 4) is 33.4 Å². The van der Waals surface area contributed by atoms with Gasteiger partial charge in [0.25, 0.3) is 0 Å². The van der Waals surface area contributed by atoms with E-state index < -0.39 is 7.12 Å². The van der Waals surface area contributed by atoms with Crippen LogP contribution in [0.3, 0.4) is 0 Å². The molecule has 13 aliphatic rings. The largest absolute Gasteiger partial charge is 0.496 e. The van der Waals surface area contributed by atoms with Crippen LogP contribution in [-0.2, 0) is 47.4 Å². The molecule has 4 aromatic carbocycles. The molecule has 13 fully saturated rings. The first-order valence-corrected chi connectivity index (χ1v) is 50.9. The lowest BCUT2D eigenvalue weighted by Gasteiger charge is -2.36. The molecule has 30 nitrogen and oxygen atoms in total. The number of halogens is 1. The van der Waals surface area contributed by atoms with Crippen LogP contribution < -0.4 is 46.3 Å². The van der Waals surface area contributed by atoms with E-state index in [1.165, 1.54) is 56.0 Å². The van der Waals surface area contributed by atoms with E-state index >= 15 is 0 Å².